The zero-order valence-corrected chi connectivity index (χ0v) is 9.96. The Kier molecular flexibility index (Phi) is 3.25. The standard InChI is InChI=1S/C14H10ClFO/c1-9-2-5-14(16)12(6-9)10-3-4-11(8-17)13(15)7-10/h2-8H,1H3. The van der Waals surface area contributed by atoms with Gasteiger partial charge in [-0.15, -0.1) is 0 Å². The number of carbonyl (C=O) groups is 1. The SMILES string of the molecule is Cc1ccc(F)c(-c2ccc(C=O)c(Cl)c2)c1. The van der Waals surface area contributed by atoms with Gasteiger partial charge in [-0.3, -0.25) is 4.79 Å². The van der Waals surface area contributed by atoms with E-state index in [1.807, 2.05) is 6.92 Å². The van der Waals surface area contributed by atoms with Crippen LogP contribution in [0.1, 0.15) is 15.9 Å². The van der Waals surface area contributed by atoms with Crippen molar-refractivity contribution in [2.45, 2.75) is 6.92 Å². The molecule has 1 nitrogen and oxygen atoms in total. The van der Waals surface area contributed by atoms with E-state index < -0.39 is 0 Å². The number of benzene rings is 2. The number of aldehydes is 1. The summed E-state index contributed by atoms with van der Waals surface area (Å²) in [7, 11) is 0. The van der Waals surface area contributed by atoms with Crippen LogP contribution >= 0.6 is 11.6 Å². The van der Waals surface area contributed by atoms with Crippen LogP contribution in [0.5, 0.6) is 0 Å². The van der Waals surface area contributed by atoms with E-state index in [9.17, 15) is 9.18 Å². The van der Waals surface area contributed by atoms with E-state index in [-0.39, 0.29) is 5.82 Å². The summed E-state index contributed by atoms with van der Waals surface area (Å²) in [6.45, 7) is 1.89. The van der Waals surface area contributed by atoms with Crippen molar-refractivity contribution in [1.82, 2.24) is 0 Å². The van der Waals surface area contributed by atoms with Gasteiger partial charge in [0.2, 0.25) is 0 Å². The molecule has 0 heterocycles. The molecule has 0 unspecified atom stereocenters. The summed E-state index contributed by atoms with van der Waals surface area (Å²) >= 11 is 5.92. The highest BCUT2D eigenvalue weighted by atomic mass is 35.5. The molecule has 86 valence electrons. The van der Waals surface area contributed by atoms with Crippen LogP contribution in [0.2, 0.25) is 5.02 Å². The second-order valence-corrected chi connectivity index (χ2v) is 4.24. The second-order valence-electron chi connectivity index (χ2n) is 3.84. The topological polar surface area (TPSA) is 17.1 Å². The van der Waals surface area contributed by atoms with Crippen LogP contribution in [0.3, 0.4) is 0 Å². The molecule has 2 aromatic rings. The Morgan fingerprint density at radius 2 is 1.94 bits per heavy atom. The van der Waals surface area contributed by atoms with Gasteiger partial charge in [0, 0.05) is 11.1 Å². The highest BCUT2D eigenvalue weighted by Crippen LogP contribution is 2.27. The summed E-state index contributed by atoms with van der Waals surface area (Å²) in [6.07, 6.45) is 0.679. The quantitative estimate of drug-likeness (QED) is 0.726. The molecule has 2 rings (SSSR count). The molecule has 0 aliphatic carbocycles. The molecule has 0 aromatic heterocycles. The molecule has 0 saturated carbocycles. The van der Waals surface area contributed by atoms with Crippen molar-refractivity contribution in [3.63, 3.8) is 0 Å². The predicted octanol–water partition coefficient (Wildman–Crippen LogP) is 4.27. The highest BCUT2D eigenvalue weighted by molar-refractivity contribution is 6.33. The van der Waals surface area contributed by atoms with Gasteiger partial charge in [0.05, 0.1) is 5.02 Å². The number of hydrogen-bond acceptors (Lipinski definition) is 1. The Morgan fingerprint density at radius 3 is 2.59 bits per heavy atom. The van der Waals surface area contributed by atoms with E-state index in [0.717, 1.165) is 5.56 Å². The third-order valence-corrected chi connectivity index (χ3v) is 2.89. The molecule has 0 N–H and O–H groups in total. The largest absolute Gasteiger partial charge is 0.298 e. The summed E-state index contributed by atoms with van der Waals surface area (Å²) < 4.78 is 13.7. The first-order valence-corrected chi connectivity index (χ1v) is 5.51. The maximum Gasteiger partial charge on any atom is 0.151 e. The maximum atomic E-state index is 13.7. The van der Waals surface area contributed by atoms with Gasteiger partial charge in [-0.05, 0) is 36.8 Å². The van der Waals surface area contributed by atoms with Crippen LogP contribution in [0, 0.1) is 12.7 Å². The first-order valence-electron chi connectivity index (χ1n) is 5.13. The number of carbonyl (C=O) groups excluding carboxylic acids is 1. The Bertz CT molecular complexity index is 578. The average molecular weight is 249 g/mol. The monoisotopic (exact) mass is 248 g/mol. The van der Waals surface area contributed by atoms with E-state index >= 15 is 0 Å². The van der Waals surface area contributed by atoms with Crippen molar-refractivity contribution in [2.75, 3.05) is 0 Å². The van der Waals surface area contributed by atoms with Crippen LogP contribution in [0.25, 0.3) is 11.1 Å². The third-order valence-electron chi connectivity index (χ3n) is 2.56. The number of halogens is 2. The minimum atomic E-state index is -0.300. The van der Waals surface area contributed by atoms with Crippen LogP contribution in [-0.4, -0.2) is 6.29 Å². The predicted molar refractivity (Wildman–Crippen MR) is 67.0 cm³/mol. The number of hydrogen-bond donors (Lipinski definition) is 0. The van der Waals surface area contributed by atoms with Gasteiger partial charge in [0.1, 0.15) is 5.82 Å². The number of rotatable bonds is 2. The fourth-order valence-corrected chi connectivity index (χ4v) is 1.88. The van der Waals surface area contributed by atoms with E-state index in [1.54, 1.807) is 30.3 Å². The van der Waals surface area contributed by atoms with E-state index in [2.05, 4.69) is 0 Å². The molecule has 17 heavy (non-hydrogen) atoms. The van der Waals surface area contributed by atoms with Crippen molar-refractivity contribution in [1.29, 1.82) is 0 Å². The fourth-order valence-electron chi connectivity index (χ4n) is 1.65. The summed E-state index contributed by atoms with van der Waals surface area (Å²) in [5.74, 6) is -0.300. The molecule has 0 spiro atoms. The lowest BCUT2D eigenvalue weighted by Gasteiger charge is -2.06. The van der Waals surface area contributed by atoms with Crippen molar-refractivity contribution >= 4 is 17.9 Å². The van der Waals surface area contributed by atoms with Gasteiger partial charge in [0.25, 0.3) is 0 Å². The average Bonchev–Trinajstić information content (AvgIpc) is 2.32. The Balaban J connectivity index is 2.57. The van der Waals surface area contributed by atoms with Crippen molar-refractivity contribution in [3.05, 3.63) is 58.4 Å². The third kappa shape index (κ3) is 2.37. The zero-order valence-electron chi connectivity index (χ0n) is 9.21. The minimum absolute atomic E-state index is 0.300. The lowest BCUT2D eigenvalue weighted by molar-refractivity contribution is 0.112. The van der Waals surface area contributed by atoms with E-state index in [1.165, 1.54) is 6.07 Å². The number of aryl methyl sites for hydroxylation is 1. The van der Waals surface area contributed by atoms with Crippen molar-refractivity contribution in [3.8, 4) is 11.1 Å². The molecule has 2 aromatic carbocycles. The molecule has 0 fully saturated rings. The van der Waals surface area contributed by atoms with Crippen LogP contribution in [-0.2, 0) is 0 Å². The first kappa shape index (κ1) is 11.8. The van der Waals surface area contributed by atoms with E-state index in [4.69, 9.17) is 11.6 Å². The zero-order chi connectivity index (χ0) is 12.4. The van der Waals surface area contributed by atoms with Gasteiger partial charge in [-0.1, -0.05) is 29.3 Å². The Labute approximate surface area is 104 Å². The lowest BCUT2D eigenvalue weighted by atomic mass is 10.0. The fraction of sp³-hybridized carbons (Fsp3) is 0.0714. The van der Waals surface area contributed by atoms with Gasteiger partial charge < -0.3 is 0 Å². The molecule has 0 bridgehead atoms. The van der Waals surface area contributed by atoms with Crippen LogP contribution in [0.15, 0.2) is 36.4 Å². The first-order chi connectivity index (χ1) is 8.11. The maximum absolute atomic E-state index is 13.7. The van der Waals surface area contributed by atoms with Gasteiger partial charge in [0.15, 0.2) is 6.29 Å². The van der Waals surface area contributed by atoms with Crippen LogP contribution in [0.4, 0.5) is 4.39 Å². The summed E-state index contributed by atoms with van der Waals surface area (Å²) in [5.41, 5.74) is 2.53. The molecule has 0 atom stereocenters. The summed E-state index contributed by atoms with van der Waals surface area (Å²) in [6, 6.07) is 9.76. The Morgan fingerprint density at radius 1 is 1.18 bits per heavy atom. The molecule has 3 heteroatoms. The molecule has 0 radical (unpaired) electrons. The molecule has 0 aliphatic heterocycles. The van der Waals surface area contributed by atoms with E-state index in [0.29, 0.717) is 28.0 Å². The molecular formula is C14H10ClFO. The highest BCUT2D eigenvalue weighted by Gasteiger charge is 2.07. The van der Waals surface area contributed by atoms with Crippen molar-refractivity contribution < 1.29 is 9.18 Å². The summed E-state index contributed by atoms with van der Waals surface area (Å²) in [4.78, 5) is 10.6. The summed E-state index contributed by atoms with van der Waals surface area (Å²) in [5, 5.41) is 0.332. The van der Waals surface area contributed by atoms with Gasteiger partial charge in [-0.25, -0.2) is 4.39 Å². The second kappa shape index (κ2) is 4.68. The van der Waals surface area contributed by atoms with Crippen LogP contribution < -0.4 is 0 Å². The van der Waals surface area contributed by atoms with Gasteiger partial charge in [-0.2, -0.15) is 0 Å². The van der Waals surface area contributed by atoms with Gasteiger partial charge >= 0.3 is 0 Å². The molecular weight excluding hydrogens is 239 g/mol. The smallest absolute Gasteiger partial charge is 0.151 e. The molecule has 0 aliphatic rings. The van der Waals surface area contributed by atoms with Crippen molar-refractivity contribution in [2.24, 2.45) is 0 Å². The Hall–Kier alpha value is -1.67. The molecule has 0 saturated heterocycles. The lowest BCUT2D eigenvalue weighted by Crippen LogP contribution is -1.88. The molecule has 0 amide bonds. The minimum Gasteiger partial charge on any atom is -0.298 e. The normalized spacial score (nSPS) is 10.3.